The average Bonchev–Trinajstić information content (AvgIpc) is 1.88. The Hall–Kier alpha value is -1.02. The molecule has 1 aromatic carbocycles. The zero-order chi connectivity index (χ0) is 7.56. The van der Waals surface area contributed by atoms with Crippen LogP contribution in [-0.2, 0) is 5.11 Å². The van der Waals surface area contributed by atoms with Gasteiger partial charge in [-0.25, -0.2) is 0 Å². The lowest BCUT2D eigenvalue weighted by Crippen LogP contribution is -1.88. The molecule has 1 aromatic rings. The molecule has 1 atom stereocenters. The van der Waals surface area contributed by atoms with Crippen molar-refractivity contribution < 1.29 is 10.2 Å². The normalized spacial score (nSPS) is 13.0. The van der Waals surface area contributed by atoms with Crippen LogP contribution in [-0.4, -0.2) is 5.11 Å². The summed E-state index contributed by atoms with van der Waals surface area (Å²) in [6.07, 6.45) is -0.547. The molecule has 0 aliphatic carbocycles. The molecular formula is C8H9O2. The fraction of sp³-hybridized carbons (Fsp3) is 0.250. The van der Waals surface area contributed by atoms with E-state index in [2.05, 4.69) is 0 Å². The molecule has 1 radical (unpaired) electrons. The first kappa shape index (κ1) is 7.09. The quantitative estimate of drug-likeness (QED) is 0.630. The Bertz CT molecular complexity index is 218. The summed E-state index contributed by atoms with van der Waals surface area (Å²) in [4.78, 5) is 0. The van der Waals surface area contributed by atoms with Gasteiger partial charge < -0.3 is 5.11 Å². The molecule has 0 aromatic heterocycles. The van der Waals surface area contributed by atoms with Crippen LogP contribution in [0.1, 0.15) is 18.6 Å². The van der Waals surface area contributed by atoms with Gasteiger partial charge in [0.25, 0.3) is 0 Å². The van der Waals surface area contributed by atoms with Gasteiger partial charge in [0.2, 0.25) is 0 Å². The van der Waals surface area contributed by atoms with Crippen molar-refractivity contribution in [2.75, 3.05) is 0 Å². The van der Waals surface area contributed by atoms with Crippen molar-refractivity contribution in [1.82, 2.24) is 0 Å². The molecule has 0 bridgehead atoms. The second-order valence-corrected chi connectivity index (χ2v) is 2.25. The third-order valence-electron chi connectivity index (χ3n) is 1.34. The third kappa shape index (κ3) is 1.48. The van der Waals surface area contributed by atoms with Crippen LogP contribution in [0.15, 0.2) is 24.3 Å². The minimum atomic E-state index is -0.547. The fourth-order valence-corrected chi connectivity index (χ4v) is 0.774. The highest BCUT2D eigenvalue weighted by molar-refractivity contribution is 5.27. The molecule has 2 heteroatoms. The Morgan fingerprint density at radius 3 is 2.60 bits per heavy atom. The van der Waals surface area contributed by atoms with E-state index in [-0.39, 0.29) is 5.75 Å². The van der Waals surface area contributed by atoms with Crippen LogP contribution in [0.2, 0.25) is 0 Å². The first-order chi connectivity index (χ1) is 4.70. The highest BCUT2D eigenvalue weighted by Crippen LogP contribution is 2.17. The van der Waals surface area contributed by atoms with E-state index in [4.69, 9.17) is 5.11 Å². The highest BCUT2D eigenvalue weighted by Gasteiger charge is 2.00. The van der Waals surface area contributed by atoms with E-state index in [0.29, 0.717) is 5.56 Å². The van der Waals surface area contributed by atoms with E-state index in [1.165, 1.54) is 12.1 Å². The van der Waals surface area contributed by atoms with Crippen LogP contribution in [0, 0.1) is 0 Å². The maximum Gasteiger partial charge on any atom is 0.179 e. The summed E-state index contributed by atoms with van der Waals surface area (Å²) in [5.41, 5.74) is 0.674. The smallest absolute Gasteiger partial charge is 0.179 e. The molecule has 0 saturated heterocycles. The summed E-state index contributed by atoms with van der Waals surface area (Å²) in [7, 11) is 0. The van der Waals surface area contributed by atoms with E-state index in [1.807, 2.05) is 0 Å². The minimum Gasteiger partial charge on any atom is -0.389 e. The summed E-state index contributed by atoms with van der Waals surface area (Å²) in [6.45, 7) is 1.63. The van der Waals surface area contributed by atoms with Gasteiger partial charge in [-0.2, -0.15) is 0 Å². The van der Waals surface area contributed by atoms with Crippen LogP contribution in [0.25, 0.3) is 0 Å². The minimum absolute atomic E-state index is 0.0570. The molecule has 10 heavy (non-hydrogen) atoms. The van der Waals surface area contributed by atoms with Crippen molar-refractivity contribution in [2.45, 2.75) is 13.0 Å². The number of aliphatic hydroxyl groups is 1. The maximum absolute atomic E-state index is 10.7. The van der Waals surface area contributed by atoms with E-state index < -0.39 is 6.10 Å². The summed E-state index contributed by atoms with van der Waals surface area (Å²) in [5.74, 6) is -0.0570. The SMILES string of the molecule is CC(O)c1cccc([O])c1. The van der Waals surface area contributed by atoms with E-state index >= 15 is 0 Å². The van der Waals surface area contributed by atoms with Crippen molar-refractivity contribution >= 4 is 0 Å². The average molecular weight is 137 g/mol. The van der Waals surface area contributed by atoms with Gasteiger partial charge in [-0.15, -0.1) is 0 Å². The van der Waals surface area contributed by atoms with Gasteiger partial charge in [0.1, 0.15) is 0 Å². The molecule has 0 heterocycles. The molecule has 53 valence electrons. The number of aliphatic hydroxyl groups excluding tert-OH is 1. The number of benzene rings is 1. The molecule has 2 nitrogen and oxygen atoms in total. The Labute approximate surface area is 59.7 Å². The Morgan fingerprint density at radius 1 is 1.50 bits per heavy atom. The molecular weight excluding hydrogens is 128 g/mol. The van der Waals surface area contributed by atoms with Crippen molar-refractivity contribution in [2.24, 2.45) is 0 Å². The van der Waals surface area contributed by atoms with Crippen LogP contribution < -0.4 is 0 Å². The third-order valence-corrected chi connectivity index (χ3v) is 1.34. The van der Waals surface area contributed by atoms with Crippen LogP contribution in [0.4, 0.5) is 0 Å². The zero-order valence-electron chi connectivity index (χ0n) is 5.74. The zero-order valence-corrected chi connectivity index (χ0v) is 5.74. The predicted molar refractivity (Wildman–Crippen MR) is 37.2 cm³/mol. The lowest BCUT2D eigenvalue weighted by atomic mass is 10.1. The fourth-order valence-electron chi connectivity index (χ4n) is 0.774. The highest BCUT2D eigenvalue weighted by atomic mass is 16.3. The molecule has 0 saturated carbocycles. The van der Waals surface area contributed by atoms with Gasteiger partial charge in [-0.05, 0) is 24.6 Å². The molecule has 0 aliphatic rings. The second kappa shape index (κ2) is 2.71. The van der Waals surface area contributed by atoms with Gasteiger partial charge in [0.15, 0.2) is 5.75 Å². The van der Waals surface area contributed by atoms with Crippen LogP contribution in [0.5, 0.6) is 5.75 Å². The molecule has 1 N–H and O–H groups in total. The second-order valence-electron chi connectivity index (χ2n) is 2.25. The van der Waals surface area contributed by atoms with Gasteiger partial charge >= 0.3 is 0 Å². The Kier molecular flexibility index (Phi) is 1.92. The monoisotopic (exact) mass is 137 g/mol. The standard InChI is InChI=1S/C8H9O2/c1-6(9)7-3-2-4-8(10)5-7/h2-6,9H,1H3. The first-order valence-corrected chi connectivity index (χ1v) is 3.15. The Morgan fingerprint density at radius 2 is 2.20 bits per heavy atom. The maximum atomic E-state index is 10.7. The number of rotatable bonds is 1. The lowest BCUT2D eigenvalue weighted by molar-refractivity contribution is 0.198. The summed E-state index contributed by atoms with van der Waals surface area (Å²) in [5, 5.41) is 19.7. The Balaban J connectivity index is 2.96. The molecule has 0 fully saturated rings. The van der Waals surface area contributed by atoms with Crippen molar-refractivity contribution in [3.63, 3.8) is 0 Å². The van der Waals surface area contributed by atoms with Gasteiger partial charge in [0.05, 0.1) is 6.10 Å². The lowest BCUT2D eigenvalue weighted by Gasteiger charge is -2.01. The van der Waals surface area contributed by atoms with Crippen LogP contribution in [0.3, 0.4) is 0 Å². The summed E-state index contributed by atoms with van der Waals surface area (Å²) >= 11 is 0. The van der Waals surface area contributed by atoms with Crippen molar-refractivity contribution in [1.29, 1.82) is 0 Å². The van der Waals surface area contributed by atoms with E-state index in [0.717, 1.165) is 0 Å². The van der Waals surface area contributed by atoms with Gasteiger partial charge in [-0.1, -0.05) is 12.1 Å². The molecule has 0 aliphatic heterocycles. The molecule has 1 rings (SSSR count). The topological polar surface area (TPSA) is 40.1 Å². The molecule has 0 amide bonds. The van der Waals surface area contributed by atoms with Gasteiger partial charge in [0, 0.05) is 0 Å². The number of hydrogen-bond acceptors (Lipinski definition) is 1. The summed E-state index contributed by atoms with van der Waals surface area (Å²) in [6, 6.07) is 6.27. The summed E-state index contributed by atoms with van der Waals surface area (Å²) < 4.78 is 0. The van der Waals surface area contributed by atoms with E-state index in [1.54, 1.807) is 19.1 Å². The largest absolute Gasteiger partial charge is 0.389 e. The molecule has 1 unspecified atom stereocenters. The van der Waals surface area contributed by atoms with Gasteiger partial charge in [-0.3, -0.25) is 5.11 Å². The first-order valence-electron chi connectivity index (χ1n) is 3.15. The number of hydrogen-bond donors (Lipinski definition) is 1. The van der Waals surface area contributed by atoms with Crippen LogP contribution >= 0.6 is 0 Å². The van der Waals surface area contributed by atoms with Crippen molar-refractivity contribution in [3.05, 3.63) is 29.8 Å². The van der Waals surface area contributed by atoms with E-state index in [9.17, 15) is 5.11 Å². The van der Waals surface area contributed by atoms with Crippen molar-refractivity contribution in [3.8, 4) is 5.75 Å². The molecule has 0 spiro atoms. The predicted octanol–water partition coefficient (Wildman–Crippen LogP) is 1.88.